The van der Waals surface area contributed by atoms with Gasteiger partial charge in [-0.2, -0.15) is 0 Å². The van der Waals surface area contributed by atoms with Crippen molar-refractivity contribution in [3.63, 3.8) is 0 Å². The second kappa shape index (κ2) is 9.98. The van der Waals surface area contributed by atoms with Crippen LogP contribution in [0, 0.1) is 6.92 Å². The third-order valence-corrected chi connectivity index (χ3v) is 5.32. The molecule has 0 spiro atoms. The molecule has 2 amide bonds. The lowest BCUT2D eigenvalue weighted by atomic mass is 10.0. The summed E-state index contributed by atoms with van der Waals surface area (Å²) < 4.78 is 11.0. The van der Waals surface area contributed by atoms with E-state index in [2.05, 4.69) is 5.32 Å². The summed E-state index contributed by atoms with van der Waals surface area (Å²) in [6.45, 7) is 8.58. The minimum absolute atomic E-state index is 0.0121. The van der Waals surface area contributed by atoms with Gasteiger partial charge in [-0.15, -0.1) is 0 Å². The van der Waals surface area contributed by atoms with Crippen molar-refractivity contribution >= 4 is 34.7 Å². The number of hydrogen-bond donors (Lipinski definition) is 1. The van der Waals surface area contributed by atoms with Crippen LogP contribution < -0.4 is 10.1 Å². The Balaban J connectivity index is 1.98. The normalized spacial score (nSPS) is 14.1. The van der Waals surface area contributed by atoms with Crippen molar-refractivity contribution in [3.05, 3.63) is 64.3 Å². The molecule has 1 N–H and O–H groups in total. The van der Waals surface area contributed by atoms with Gasteiger partial charge in [0.2, 0.25) is 0 Å². The number of hydrogen-bond acceptors (Lipinski definition) is 5. The number of carbonyl (C=O) groups is 2. The van der Waals surface area contributed by atoms with Crippen molar-refractivity contribution in [1.82, 2.24) is 4.90 Å². The topological polar surface area (TPSA) is 67.9 Å². The van der Waals surface area contributed by atoms with E-state index in [1.165, 1.54) is 4.90 Å². The number of amides is 2. The maximum Gasteiger partial charge on any atom is 0.278 e. The first-order valence-electron chi connectivity index (χ1n) is 10.3. The van der Waals surface area contributed by atoms with Crippen LogP contribution in [0.3, 0.4) is 0 Å². The van der Waals surface area contributed by atoms with Crippen molar-refractivity contribution in [2.45, 2.75) is 33.8 Å². The van der Waals surface area contributed by atoms with Gasteiger partial charge in [-0.3, -0.25) is 14.5 Å². The van der Waals surface area contributed by atoms with Gasteiger partial charge in [-0.05, 0) is 63.1 Å². The molecule has 3 rings (SSSR count). The van der Waals surface area contributed by atoms with Gasteiger partial charge in [0, 0.05) is 10.7 Å². The summed E-state index contributed by atoms with van der Waals surface area (Å²) in [6.07, 6.45) is 0.0121. The second-order valence-corrected chi connectivity index (χ2v) is 7.83. The summed E-state index contributed by atoms with van der Waals surface area (Å²) in [7, 11) is 0. The Kier molecular flexibility index (Phi) is 7.36. The third kappa shape index (κ3) is 5.09. The minimum Gasteiger partial charge on any atom is -0.494 e. The number of benzene rings is 2. The SMILES string of the molecule is CCOc1ccc(C2=C(Nc3cccc(Cl)c3C)C(=O)N(CCOC(C)C)C2=O)cc1. The van der Waals surface area contributed by atoms with Crippen LogP contribution in [-0.4, -0.2) is 42.6 Å². The van der Waals surface area contributed by atoms with Crippen molar-refractivity contribution < 1.29 is 19.1 Å². The van der Waals surface area contributed by atoms with Crippen molar-refractivity contribution in [3.8, 4) is 5.75 Å². The molecule has 1 aliphatic heterocycles. The summed E-state index contributed by atoms with van der Waals surface area (Å²) in [6, 6.07) is 12.5. The highest BCUT2D eigenvalue weighted by atomic mass is 35.5. The van der Waals surface area contributed by atoms with Crippen molar-refractivity contribution in [2.24, 2.45) is 0 Å². The fourth-order valence-electron chi connectivity index (χ4n) is 3.30. The lowest BCUT2D eigenvalue weighted by Gasteiger charge is -2.17. The van der Waals surface area contributed by atoms with E-state index in [4.69, 9.17) is 21.1 Å². The molecule has 7 heteroatoms. The number of imide groups is 1. The molecule has 164 valence electrons. The summed E-state index contributed by atoms with van der Waals surface area (Å²) in [5, 5.41) is 3.73. The fraction of sp³-hybridized carbons (Fsp3) is 0.333. The van der Waals surface area contributed by atoms with Crippen molar-refractivity contribution in [2.75, 3.05) is 25.1 Å². The van der Waals surface area contributed by atoms with Crippen LogP contribution >= 0.6 is 11.6 Å². The molecule has 2 aromatic rings. The van der Waals surface area contributed by atoms with Gasteiger partial charge >= 0.3 is 0 Å². The molecule has 0 aliphatic carbocycles. The zero-order valence-electron chi connectivity index (χ0n) is 18.2. The Bertz CT molecular complexity index is 999. The molecular weight excluding hydrogens is 416 g/mol. The molecule has 0 radical (unpaired) electrons. The molecule has 0 saturated heterocycles. The smallest absolute Gasteiger partial charge is 0.278 e. The standard InChI is InChI=1S/C24H27ClN2O4/c1-5-30-18-11-9-17(10-12-18)21-22(26-20-8-6-7-19(25)16(20)4)24(29)27(23(21)28)13-14-31-15(2)3/h6-12,15,26H,5,13-14H2,1-4H3. The second-order valence-electron chi connectivity index (χ2n) is 7.43. The average Bonchev–Trinajstić information content (AvgIpc) is 2.96. The molecule has 0 bridgehead atoms. The largest absolute Gasteiger partial charge is 0.494 e. The summed E-state index contributed by atoms with van der Waals surface area (Å²) in [5.74, 6) is -0.0460. The van der Waals surface area contributed by atoms with E-state index < -0.39 is 0 Å². The summed E-state index contributed by atoms with van der Waals surface area (Å²) in [5.41, 5.74) is 2.65. The number of rotatable bonds is 9. The maximum atomic E-state index is 13.2. The first-order chi connectivity index (χ1) is 14.8. The van der Waals surface area contributed by atoms with E-state index in [-0.39, 0.29) is 36.8 Å². The molecule has 0 atom stereocenters. The molecular formula is C24H27ClN2O4. The van der Waals surface area contributed by atoms with Crippen LogP contribution in [0.1, 0.15) is 31.9 Å². The Morgan fingerprint density at radius 2 is 1.77 bits per heavy atom. The van der Waals surface area contributed by atoms with E-state index >= 15 is 0 Å². The van der Waals surface area contributed by atoms with Crippen LogP contribution in [-0.2, 0) is 14.3 Å². The zero-order valence-corrected chi connectivity index (χ0v) is 19.0. The highest BCUT2D eigenvalue weighted by Crippen LogP contribution is 2.33. The van der Waals surface area contributed by atoms with E-state index in [0.717, 1.165) is 5.56 Å². The quantitative estimate of drug-likeness (QED) is 0.572. The third-order valence-electron chi connectivity index (χ3n) is 4.92. The molecule has 2 aromatic carbocycles. The van der Waals surface area contributed by atoms with E-state index in [9.17, 15) is 9.59 Å². The Hall–Kier alpha value is -2.83. The Morgan fingerprint density at radius 3 is 2.42 bits per heavy atom. The van der Waals surface area contributed by atoms with Gasteiger partial charge in [0.1, 0.15) is 11.4 Å². The lowest BCUT2D eigenvalue weighted by Crippen LogP contribution is -2.35. The van der Waals surface area contributed by atoms with Gasteiger partial charge in [-0.25, -0.2) is 0 Å². The fourth-order valence-corrected chi connectivity index (χ4v) is 3.48. The highest BCUT2D eigenvalue weighted by Gasteiger charge is 2.39. The van der Waals surface area contributed by atoms with Crippen LogP contribution in [0.2, 0.25) is 5.02 Å². The average molecular weight is 443 g/mol. The zero-order chi connectivity index (χ0) is 22.5. The Labute approximate surface area is 187 Å². The molecule has 6 nitrogen and oxygen atoms in total. The van der Waals surface area contributed by atoms with Crippen molar-refractivity contribution in [1.29, 1.82) is 0 Å². The predicted molar refractivity (Wildman–Crippen MR) is 122 cm³/mol. The minimum atomic E-state index is -0.388. The van der Waals surface area contributed by atoms with Gasteiger partial charge < -0.3 is 14.8 Å². The molecule has 31 heavy (non-hydrogen) atoms. The number of carbonyl (C=O) groups excluding carboxylic acids is 2. The molecule has 1 aliphatic rings. The van der Waals surface area contributed by atoms with Gasteiger partial charge in [0.25, 0.3) is 11.8 Å². The molecule has 0 saturated carbocycles. The number of anilines is 1. The number of halogens is 1. The molecule has 0 aromatic heterocycles. The predicted octanol–water partition coefficient (Wildman–Crippen LogP) is 4.66. The lowest BCUT2D eigenvalue weighted by molar-refractivity contribution is -0.137. The monoisotopic (exact) mass is 442 g/mol. The van der Waals surface area contributed by atoms with E-state index in [1.807, 2.05) is 33.8 Å². The first-order valence-corrected chi connectivity index (χ1v) is 10.7. The number of nitrogens with zero attached hydrogens (tertiary/aromatic N) is 1. The highest BCUT2D eigenvalue weighted by molar-refractivity contribution is 6.36. The summed E-state index contributed by atoms with van der Waals surface area (Å²) in [4.78, 5) is 27.7. The Morgan fingerprint density at radius 1 is 1.06 bits per heavy atom. The van der Waals surface area contributed by atoms with Crippen LogP contribution in [0.5, 0.6) is 5.75 Å². The number of nitrogens with one attached hydrogen (secondary N) is 1. The van der Waals surface area contributed by atoms with E-state index in [1.54, 1.807) is 36.4 Å². The molecule has 0 unspecified atom stereocenters. The van der Waals surface area contributed by atoms with Gasteiger partial charge in [0.05, 0.1) is 31.4 Å². The summed E-state index contributed by atoms with van der Waals surface area (Å²) >= 11 is 6.24. The molecule has 1 heterocycles. The van der Waals surface area contributed by atoms with Crippen LogP contribution in [0.25, 0.3) is 5.57 Å². The molecule has 0 fully saturated rings. The number of ether oxygens (including phenoxy) is 2. The van der Waals surface area contributed by atoms with Crippen LogP contribution in [0.4, 0.5) is 5.69 Å². The van der Waals surface area contributed by atoms with Gasteiger partial charge in [-0.1, -0.05) is 29.8 Å². The van der Waals surface area contributed by atoms with E-state index in [0.29, 0.717) is 34.2 Å². The maximum absolute atomic E-state index is 13.2. The van der Waals surface area contributed by atoms with Gasteiger partial charge in [0.15, 0.2) is 0 Å². The first kappa shape index (κ1) is 22.8. The van der Waals surface area contributed by atoms with Crippen LogP contribution in [0.15, 0.2) is 48.2 Å².